The number of allylic oxidation sites excluding steroid dienone is 2. The fourth-order valence-electron chi connectivity index (χ4n) is 1.71. The van der Waals surface area contributed by atoms with Crippen LogP contribution in [0.25, 0.3) is 0 Å². The van der Waals surface area contributed by atoms with Gasteiger partial charge in [-0.15, -0.1) is 0 Å². The van der Waals surface area contributed by atoms with E-state index in [2.05, 4.69) is 24.4 Å². The van der Waals surface area contributed by atoms with E-state index in [9.17, 15) is 9.90 Å². The third-order valence-corrected chi connectivity index (χ3v) is 2.88. The minimum absolute atomic E-state index is 0.0264. The molecule has 0 aromatic rings. The Bertz CT molecular complexity index is 254. The lowest BCUT2D eigenvalue weighted by Gasteiger charge is -2.17. The van der Waals surface area contributed by atoms with Gasteiger partial charge in [0.1, 0.15) is 0 Å². The Balaban J connectivity index is 3.38. The first-order valence-electron chi connectivity index (χ1n) is 7.60. The maximum atomic E-state index is 11.5. The van der Waals surface area contributed by atoms with Crippen LogP contribution in [-0.4, -0.2) is 23.2 Å². The quantitative estimate of drug-likeness (QED) is 0.445. The highest BCUT2D eigenvalue weighted by molar-refractivity contribution is 5.75. The van der Waals surface area contributed by atoms with Crippen molar-refractivity contribution in [1.29, 1.82) is 0 Å². The van der Waals surface area contributed by atoms with Gasteiger partial charge in [-0.05, 0) is 39.5 Å². The minimum Gasteiger partial charge on any atom is -0.389 e. The number of nitrogens with one attached hydrogen (secondary N) is 1. The first-order valence-corrected chi connectivity index (χ1v) is 7.60. The Morgan fingerprint density at radius 3 is 2.32 bits per heavy atom. The molecule has 0 aromatic carbocycles. The van der Waals surface area contributed by atoms with E-state index in [-0.39, 0.29) is 5.91 Å². The molecule has 2 N–H and O–H groups in total. The van der Waals surface area contributed by atoms with E-state index in [1.165, 1.54) is 25.7 Å². The van der Waals surface area contributed by atoms with Crippen LogP contribution in [0.3, 0.4) is 0 Å². The number of aliphatic hydroxyl groups is 1. The Kier molecular flexibility index (Phi) is 10.6. The van der Waals surface area contributed by atoms with Crippen LogP contribution in [0.1, 0.15) is 72.1 Å². The standard InChI is InChI=1S/C16H31NO2/c1-4-5-6-7-8-9-10-11-12-13-15(18)17-14-16(2,3)19/h9-10,19H,4-8,11-14H2,1-3H3,(H,17,18). The van der Waals surface area contributed by atoms with E-state index in [1.807, 2.05) is 0 Å². The topological polar surface area (TPSA) is 49.3 Å². The monoisotopic (exact) mass is 269 g/mol. The van der Waals surface area contributed by atoms with Gasteiger partial charge >= 0.3 is 0 Å². The second kappa shape index (κ2) is 11.0. The number of carbonyl (C=O) groups excluding carboxylic acids is 1. The van der Waals surface area contributed by atoms with Crippen molar-refractivity contribution >= 4 is 5.91 Å². The molecule has 0 rings (SSSR count). The van der Waals surface area contributed by atoms with Gasteiger partial charge < -0.3 is 10.4 Å². The molecule has 0 aliphatic heterocycles. The summed E-state index contributed by atoms with van der Waals surface area (Å²) in [5.41, 5.74) is -0.825. The highest BCUT2D eigenvalue weighted by atomic mass is 16.3. The molecule has 3 nitrogen and oxygen atoms in total. The van der Waals surface area contributed by atoms with Gasteiger partial charge in [0.2, 0.25) is 5.91 Å². The molecule has 0 bridgehead atoms. The molecule has 0 radical (unpaired) electrons. The Hall–Kier alpha value is -0.830. The molecule has 0 heterocycles. The fraction of sp³-hybridized carbons (Fsp3) is 0.812. The smallest absolute Gasteiger partial charge is 0.220 e. The van der Waals surface area contributed by atoms with E-state index >= 15 is 0 Å². The average molecular weight is 269 g/mol. The lowest BCUT2D eigenvalue weighted by Crippen LogP contribution is -2.38. The second-order valence-corrected chi connectivity index (χ2v) is 5.80. The van der Waals surface area contributed by atoms with Gasteiger partial charge in [-0.3, -0.25) is 4.79 Å². The van der Waals surface area contributed by atoms with Gasteiger partial charge in [0, 0.05) is 13.0 Å². The summed E-state index contributed by atoms with van der Waals surface area (Å²) in [6.07, 6.45) is 13.1. The summed E-state index contributed by atoms with van der Waals surface area (Å²) >= 11 is 0. The van der Waals surface area contributed by atoms with Gasteiger partial charge in [0.25, 0.3) is 0 Å². The van der Waals surface area contributed by atoms with E-state index in [1.54, 1.807) is 13.8 Å². The molecule has 0 saturated carbocycles. The van der Waals surface area contributed by atoms with Crippen molar-refractivity contribution in [2.45, 2.75) is 77.7 Å². The van der Waals surface area contributed by atoms with Crippen LogP contribution in [0.2, 0.25) is 0 Å². The molecule has 0 saturated heterocycles. The first kappa shape index (κ1) is 18.2. The molecule has 0 fully saturated rings. The van der Waals surface area contributed by atoms with Crippen molar-refractivity contribution in [3.8, 4) is 0 Å². The molecule has 0 aromatic heterocycles. The van der Waals surface area contributed by atoms with Crippen LogP contribution in [0.5, 0.6) is 0 Å². The third-order valence-electron chi connectivity index (χ3n) is 2.88. The SMILES string of the molecule is CCCCCCC=CCCCC(=O)NCC(C)(C)O. The zero-order valence-electron chi connectivity index (χ0n) is 12.9. The molecule has 0 aliphatic carbocycles. The number of rotatable bonds is 11. The lowest BCUT2D eigenvalue weighted by atomic mass is 10.1. The number of hydrogen-bond donors (Lipinski definition) is 2. The van der Waals surface area contributed by atoms with Crippen LogP contribution < -0.4 is 5.32 Å². The predicted octanol–water partition coefficient (Wildman–Crippen LogP) is 3.57. The first-order chi connectivity index (χ1) is 8.95. The van der Waals surface area contributed by atoms with Crippen molar-refractivity contribution in [1.82, 2.24) is 5.32 Å². The zero-order valence-corrected chi connectivity index (χ0v) is 12.9. The van der Waals surface area contributed by atoms with Gasteiger partial charge in [-0.1, -0.05) is 38.3 Å². The van der Waals surface area contributed by atoms with Crippen molar-refractivity contribution in [2.24, 2.45) is 0 Å². The second-order valence-electron chi connectivity index (χ2n) is 5.80. The highest BCUT2D eigenvalue weighted by Crippen LogP contribution is 2.04. The van der Waals surface area contributed by atoms with Gasteiger partial charge in [-0.2, -0.15) is 0 Å². The fourth-order valence-corrected chi connectivity index (χ4v) is 1.71. The summed E-state index contributed by atoms with van der Waals surface area (Å²) in [5.74, 6) is 0.0264. The number of carbonyl (C=O) groups is 1. The van der Waals surface area contributed by atoms with Gasteiger partial charge in [-0.25, -0.2) is 0 Å². The molecular formula is C16H31NO2. The number of amides is 1. The molecule has 1 amide bonds. The van der Waals surface area contributed by atoms with E-state index < -0.39 is 5.60 Å². The maximum Gasteiger partial charge on any atom is 0.220 e. The van der Waals surface area contributed by atoms with Crippen molar-refractivity contribution < 1.29 is 9.90 Å². The summed E-state index contributed by atoms with van der Waals surface area (Å²) in [6.45, 7) is 5.92. The predicted molar refractivity (Wildman–Crippen MR) is 81.1 cm³/mol. The summed E-state index contributed by atoms with van der Waals surface area (Å²) in [6, 6.07) is 0. The highest BCUT2D eigenvalue weighted by Gasteiger charge is 2.13. The largest absolute Gasteiger partial charge is 0.389 e. The van der Waals surface area contributed by atoms with Crippen LogP contribution in [-0.2, 0) is 4.79 Å². The van der Waals surface area contributed by atoms with E-state index in [0.29, 0.717) is 13.0 Å². The third kappa shape index (κ3) is 15.1. The summed E-state index contributed by atoms with van der Waals surface area (Å²) in [5, 5.41) is 12.2. The van der Waals surface area contributed by atoms with Crippen molar-refractivity contribution in [3.05, 3.63) is 12.2 Å². The van der Waals surface area contributed by atoms with Crippen LogP contribution >= 0.6 is 0 Å². The molecule has 0 spiro atoms. The number of hydrogen-bond acceptors (Lipinski definition) is 2. The van der Waals surface area contributed by atoms with Crippen LogP contribution in [0.4, 0.5) is 0 Å². The molecular weight excluding hydrogens is 238 g/mol. The Morgan fingerprint density at radius 2 is 1.74 bits per heavy atom. The summed E-state index contributed by atoms with van der Waals surface area (Å²) < 4.78 is 0. The van der Waals surface area contributed by atoms with Gasteiger partial charge in [0.05, 0.1) is 5.60 Å². The average Bonchev–Trinajstić information content (AvgIpc) is 2.33. The number of unbranched alkanes of at least 4 members (excludes halogenated alkanes) is 5. The molecule has 0 aliphatic rings. The molecule has 19 heavy (non-hydrogen) atoms. The van der Waals surface area contributed by atoms with Crippen LogP contribution in [0.15, 0.2) is 12.2 Å². The summed E-state index contributed by atoms with van der Waals surface area (Å²) in [7, 11) is 0. The zero-order chi connectivity index (χ0) is 14.6. The van der Waals surface area contributed by atoms with E-state index in [4.69, 9.17) is 0 Å². The molecule has 112 valence electrons. The Labute approximate surface area is 118 Å². The lowest BCUT2D eigenvalue weighted by molar-refractivity contribution is -0.122. The normalized spacial score (nSPS) is 12.0. The molecule has 0 atom stereocenters. The van der Waals surface area contributed by atoms with Gasteiger partial charge in [0.15, 0.2) is 0 Å². The molecule has 0 unspecified atom stereocenters. The maximum absolute atomic E-state index is 11.5. The van der Waals surface area contributed by atoms with Crippen LogP contribution in [0, 0.1) is 0 Å². The summed E-state index contributed by atoms with van der Waals surface area (Å²) in [4.78, 5) is 11.5. The van der Waals surface area contributed by atoms with E-state index in [0.717, 1.165) is 19.3 Å². The van der Waals surface area contributed by atoms with Crippen molar-refractivity contribution in [2.75, 3.05) is 6.54 Å². The molecule has 3 heteroatoms. The van der Waals surface area contributed by atoms with Crippen molar-refractivity contribution in [3.63, 3.8) is 0 Å². The Morgan fingerprint density at radius 1 is 1.11 bits per heavy atom. The minimum atomic E-state index is -0.825.